The van der Waals surface area contributed by atoms with Crippen LogP contribution in [0.25, 0.3) is 0 Å². The molecular formula is C14H20BrCl. The molecule has 1 atom stereocenters. The Labute approximate surface area is 113 Å². The molecule has 0 fully saturated rings. The summed E-state index contributed by atoms with van der Waals surface area (Å²) in [5.74, 6) is 1.48. The highest BCUT2D eigenvalue weighted by Gasteiger charge is 2.11. The summed E-state index contributed by atoms with van der Waals surface area (Å²) in [6.45, 7) is 4.56. The van der Waals surface area contributed by atoms with Crippen LogP contribution in [0.5, 0.6) is 0 Å². The minimum atomic E-state index is 0.697. The van der Waals surface area contributed by atoms with Crippen LogP contribution in [0.15, 0.2) is 24.3 Å². The number of halogens is 2. The molecule has 0 heterocycles. The van der Waals surface area contributed by atoms with Gasteiger partial charge in [-0.15, -0.1) is 0 Å². The molecule has 0 aliphatic rings. The summed E-state index contributed by atoms with van der Waals surface area (Å²) in [6.07, 6.45) is 3.65. The summed E-state index contributed by atoms with van der Waals surface area (Å²) < 4.78 is 0. The van der Waals surface area contributed by atoms with Crippen molar-refractivity contribution in [3.63, 3.8) is 0 Å². The Hall–Kier alpha value is -0.0100. The molecule has 0 amide bonds. The Morgan fingerprint density at radius 1 is 1.19 bits per heavy atom. The normalized spacial score (nSPS) is 13.1. The first-order chi connectivity index (χ1) is 7.63. The quantitative estimate of drug-likeness (QED) is 0.623. The molecule has 1 aromatic rings. The average molecular weight is 304 g/mol. The Kier molecular flexibility index (Phi) is 6.45. The molecule has 0 aliphatic heterocycles. The van der Waals surface area contributed by atoms with Gasteiger partial charge in [0.15, 0.2) is 0 Å². The maximum Gasteiger partial charge on any atom is 0.0438 e. The third kappa shape index (κ3) is 4.88. The van der Waals surface area contributed by atoms with Crippen molar-refractivity contribution in [1.82, 2.24) is 0 Å². The van der Waals surface area contributed by atoms with Crippen molar-refractivity contribution >= 4 is 27.5 Å². The van der Waals surface area contributed by atoms with Gasteiger partial charge in [0, 0.05) is 10.4 Å². The minimum Gasteiger partial charge on any atom is -0.0925 e. The summed E-state index contributed by atoms with van der Waals surface area (Å²) in [6, 6.07) is 8.16. The molecule has 0 nitrogen and oxygen atoms in total. The molecular weight excluding hydrogens is 284 g/mol. The number of benzene rings is 1. The molecule has 0 N–H and O–H groups in total. The van der Waals surface area contributed by atoms with Gasteiger partial charge in [-0.2, -0.15) is 0 Å². The molecule has 0 aromatic heterocycles. The van der Waals surface area contributed by atoms with Gasteiger partial charge in [0.1, 0.15) is 0 Å². The van der Waals surface area contributed by atoms with Crippen LogP contribution in [0.2, 0.25) is 5.02 Å². The fourth-order valence-electron chi connectivity index (χ4n) is 1.78. The van der Waals surface area contributed by atoms with Gasteiger partial charge >= 0.3 is 0 Å². The van der Waals surface area contributed by atoms with Crippen molar-refractivity contribution in [2.75, 3.05) is 5.33 Å². The van der Waals surface area contributed by atoms with Crippen molar-refractivity contribution in [1.29, 1.82) is 0 Å². The smallest absolute Gasteiger partial charge is 0.0438 e. The Bertz CT molecular complexity index is 309. The monoisotopic (exact) mass is 302 g/mol. The highest BCUT2D eigenvalue weighted by atomic mass is 79.9. The molecule has 0 spiro atoms. The Morgan fingerprint density at radius 3 is 2.44 bits per heavy atom. The van der Waals surface area contributed by atoms with Crippen molar-refractivity contribution < 1.29 is 0 Å². The highest BCUT2D eigenvalue weighted by Crippen LogP contribution is 2.23. The summed E-state index contributed by atoms with van der Waals surface area (Å²) >= 11 is 9.78. The predicted octanol–water partition coefficient (Wildman–Crippen LogP) is 5.33. The third-order valence-electron chi connectivity index (χ3n) is 2.84. The fourth-order valence-corrected chi connectivity index (χ4v) is 2.54. The van der Waals surface area contributed by atoms with E-state index in [0.29, 0.717) is 5.92 Å². The highest BCUT2D eigenvalue weighted by molar-refractivity contribution is 9.09. The molecule has 0 radical (unpaired) electrons. The van der Waals surface area contributed by atoms with Crippen LogP contribution in [0, 0.1) is 11.8 Å². The van der Waals surface area contributed by atoms with Gasteiger partial charge in [-0.25, -0.2) is 0 Å². The van der Waals surface area contributed by atoms with E-state index in [1.807, 2.05) is 12.1 Å². The van der Waals surface area contributed by atoms with Crippen LogP contribution in [-0.4, -0.2) is 5.33 Å². The molecule has 0 saturated heterocycles. The predicted molar refractivity (Wildman–Crippen MR) is 76.5 cm³/mol. The van der Waals surface area contributed by atoms with Crippen LogP contribution >= 0.6 is 27.5 Å². The van der Waals surface area contributed by atoms with Crippen LogP contribution in [-0.2, 0) is 6.42 Å². The van der Waals surface area contributed by atoms with Crippen molar-refractivity contribution in [2.45, 2.75) is 33.1 Å². The van der Waals surface area contributed by atoms with Crippen LogP contribution in [0.3, 0.4) is 0 Å². The Morgan fingerprint density at radius 2 is 1.88 bits per heavy atom. The largest absolute Gasteiger partial charge is 0.0925 e. The van der Waals surface area contributed by atoms with E-state index in [0.717, 1.165) is 22.7 Å². The van der Waals surface area contributed by atoms with Gasteiger partial charge in [-0.1, -0.05) is 66.0 Å². The molecule has 1 unspecified atom stereocenters. The van der Waals surface area contributed by atoms with Gasteiger partial charge in [0.05, 0.1) is 0 Å². The molecule has 0 saturated carbocycles. The lowest BCUT2D eigenvalue weighted by atomic mass is 9.93. The van der Waals surface area contributed by atoms with Crippen LogP contribution < -0.4 is 0 Å². The second kappa shape index (κ2) is 7.34. The molecule has 90 valence electrons. The first-order valence-corrected chi connectivity index (χ1v) is 7.42. The van der Waals surface area contributed by atoms with Gasteiger partial charge < -0.3 is 0 Å². The molecule has 16 heavy (non-hydrogen) atoms. The van der Waals surface area contributed by atoms with Gasteiger partial charge in [-0.05, 0) is 36.3 Å². The summed E-state index contributed by atoms with van der Waals surface area (Å²) in [5, 5.41) is 1.96. The lowest BCUT2D eigenvalue weighted by Gasteiger charge is -2.16. The van der Waals surface area contributed by atoms with E-state index in [9.17, 15) is 0 Å². The summed E-state index contributed by atoms with van der Waals surface area (Å²) in [5.41, 5.74) is 1.28. The zero-order valence-electron chi connectivity index (χ0n) is 10.0. The zero-order valence-corrected chi connectivity index (χ0v) is 12.4. The third-order valence-corrected chi connectivity index (χ3v) is 4.12. The number of hydrogen-bond donors (Lipinski definition) is 0. The molecule has 2 heteroatoms. The van der Waals surface area contributed by atoms with E-state index in [2.05, 4.69) is 41.9 Å². The second-order valence-electron chi connectivity index (χ2n) is 4.79. The fraction of sp³-hybridized carbons (Fsp3) is 0.571. The molecule has 0 bridgehead atoms. The molecule has 0 aliphatic carbocycles. The van der Waals surface area contributed by atoms with Gasteiger partial charge in [0.25, 0.3) is 0 Å². The van der Waals surface area contributed by atoms with Crippen molar-refractivity contribution in [2.24, 2.45) is 11.8 Å². The van der Waals surface area contributed by atoms with E-state index in [1.54, 1.807) is 0 Å². The van der Waals surface area contributed by atoms with Crippen LogP contribution in [0.1, 0.15) is 32.3 Å². The van der Waals surface area contributed by atoms with E-state index in [4.69, 9.17) is 11.6 Å². The molecule has 1 rings (SSSR count). The van der Waals surface area contributed by atoms with Gasteiger partial charge in [-0.3, -0.25) is 0 Å². The van der Waals surface area contributed by atoms with E-state index < -0.39 is 0 Å². The van der Waals surface area contributed by atoms with Crippen molar-refractivity contribution in [3.8, 4) is 0 Å². The van der Waals surface area contributed by atoms with Crippen molar-refractivity contribution in [3.05, 3.63) is 34.9 Å². The maximum absolute atomic E-state index is 6.17. The van der Waals surface area contributed by atoms with Crippen LogP contribution in [0.4, 0.5) is 0 Å². The lowest BCUT2D eigenvalue weighted by molar-refractivity contribution is 0.455. The van der Waals surface area contributed by atoms with E-state index in [1.165, 1.54) is 18.4 Å². The van der Waals surface area contributed by atoms with E-state index in [-0.39, 0.29) is 0 Å². The number of rotatable bonds is 6. The first kappa shape index (κ1) is 14.1. The van der Waals surface area contributed by atoms with E-state index >= 15 is 0 Å². The summed E-state index contributed by atoms with van der Waals surface area (Å²) in [4.78, 5) is 0. The summed E-state index contributed by atoms with van der Waals surface area (Å²) in [7, 11) is 0. The zero-order chi connectivity index (χ0) is 12.0. The SMILES string of the molecule is CC(C)CCC(CBr)Cc1ccccc1Cl. The Balaban J connectivity index is 2.53. The average Bonchev–Trinajstić information content (AvgIpc) is 2.26. The second-order valence-corrected chi connectivity index (χ2v) is 5.84. The molecule has 1 aromatic carbocycles. The maximum atomic E-state index is 6.17. The minimum absolute atomic E-state index is 0.697. The first-order valence-electron chi connectivity index (χ1n) is 5.92. The topological polar surface area (TPSA) is 0 Å². The number of alkyl halides is 1. The number of hydrogen-bond acceptors (Lipinski definition) is 0. The standard InChI is InChI=1S/C14H20BrCl/c1-11(2)7-8-12(10-15)9-13-5-3-4-6-14(13)16/h3-6,11-12H,7-10H2,1-2H3. The van der Waals surface area contributed by atoms with Gasteiger partial charge in [0.2, 0.25) is 0 Å². The lowest BCUT2D eigenvalue weighted by Crippen LogP contribution is -2.08.